The second-order valence-electron chi connectivity index (χ2n) is 10.7. The van der Waals surface area contributed by atoms with Crippen LogP contribution >= 0.6 is 23.1 Å². The van der Waals surface area contributed by atoms with Crippen LogP contribution < -0.4 is 15.1 Å². The fraction of sp³-hybridized carbons (Fsp3) is 0.152. The number of aromatic nitrogens is 1. The third kappa shape index (κ3) is 5.03. The molecule has 226 valence electrons. The number of alkyl halides is 3. The van der Waals surface area contributed by atoms with Crippen LogP contribution in [0.5, 0.6) is 0 Å². The average Bonchev–Trinajstić information content (AvgIpc) is 3.47. The lowest BCUT2D eigenvalue weighted by Crippen LogP contribution is -2.33. The lowest BCUT2D eigenvalue weighted by atomic mass is 9.83. The van der Waals surface area contributed by atoms with Crippen LogP contribution in [0.15, 0.2) is 107 Å². The molecule has 1 aromatic heterocycles. The van der Waals surface area contributed by atoms with Crippen molar-refractivity contribution in [2.24, 2.45) is 5.92 Å². The van der Waals surface area contributed by atoms with E-state index >= 15 is 0 Å². The minimum absolute atomic E-state index is 0.170. The molecule has 2 aliphatic heterocycles. The zero-order valence-electron chi connectivity index (χ0n) is 23.2. The summed E-state index contributed by atoms with van der Waals surface area (Å²) in [4.78, 5) is 55.4. The van der Waals surface area contributed by atoms with Crippen LogP contribution in [0.1, 0.15) is 21.9 Å². The number of imide groups is 1. The largest absolute Gasteiger partial charge is 0.416 e. The first-order chi connectivity index (χ1) is 21.6. The molecule has 1 fully saturated rings. The van der Waals surface area contributed by atoms with Gasteiger partial charge in [-0.15, -0.1) is 0 Å². The van der Waals surface area contributed by atoms with Crippen LogP contribution in [-0.2, 0) is 27.1 Å². The molecule has 7 nitrogen and oxygen atoms in total. The molecular formula is C33H22F3N3O4S2. The Labute approximate surface area is 262 Å². The Bertz CT molecular complexity index is 2050. The Kier molecular flexibility index (Phi) is 7.13. The van der Waals surface area contributed by atoms with Gasteiger partial charge in [-0.2, -0.15) is 13.2 Å². The summed E-state index contributed by atoms with van der Waals surface area (Å²) < 4.78 is 41.8. The van der Waals surface area contributed by atoms with Gasteiger partial charge in [0.05, 0.1) is 22.2 Å². The predicted octanol–water partition coefficient (Wildman–Crippen LogP) is 6.52. The van der Waals surface area contributed by atoms with Gasteiger partial charge in [-0.05, 0) is 35.2 Å². The number of fused-ring (bicyclic) bond motifs is 3. The van der Waals surface area contributed by atoms with E-state index in [1.165, 1.54) is 10.6 Å². The van der Waals surface area contributed by atoms with Gasteiger partial charge in [-0.3, -0.25) is 23.7 Å². The lowest BCUT2D eigenvalue weighted by molar-refractivity contribution is -0.137. The van der Waals surface area contributed by atoms with E-state index in [0.29, 0.717) is 21.2 Å². The van der Waals surface area contributed by atoms with Crippen LogP contribution in [0.2, 0.25) is 0 Å². The summed E-state index contributed by atoms with van der Waals surface area (Å²) in [7, 11) is 0. The lowest BCUT2D eigenvalue weighted by Gasteiger charge is -2.30. The molecule has 2 aliphatic rings. The number of nitrogens with zero attached hydrogens (tertiary/aromatic N) is 2. The van der Waals surface area contributed by atoms with E-state index in [4.69, 9.17) is 0 Å². The van der Waals surface area contributed by atoms with Crippen molar-refractivity contribution in [1.29, 1.82) is 0 Å². The first kappa shape index (κ1) is 29.1. The highest BCUT2D eigenvalue weighted by molar-refractivity contribution is 8.00. The third-order valence-electron chi connectivity index (χ3n) is 8.01. The van der Waals surface area contributed by atoms with Gasteiger partial charge in [-0.25, -0.2) is 4.90 Å². The number of nitrogens with one attached hydrogen (secondary N) is 1. The van der Waals surface area contributed by atoms with Crippen molar-refractivity contribution >= 4 is 63.0 Å². The molecule has 12 heteroatoms. The van der Waals surface area contributed by atoms with Crippen molar-refractivity contribution in [2.75, 3.05) is 10.2 Å². The van der Waals surface area contributed by atoms with Crippen molar-refractivity contribution in [3.05, 3.63) is 123 Å². The highest BCUT2D eigenvalue weighted by atomic mass is 32.2. The van der Waals surface area contributed by atoms with E-state index in [2.05, 4.69) is 5.32 Å². The Morgan fingerprint density at radius 2 is 1.56 bits per heavy atom. The number of hydrogen-bond acceptors (Lipinski definition) is 6. The molecule has 45 heavy (non-hydrogen) atoms. The van der Waals surface area contributed by atoms with E-state index < -0.39 is 51.4 Å². The molecule has 3 atom stereocenters. The van der Waals surface area contributed by atoms with E-state index in [1.54, 1.807) is 36.4 Å². The summed E-state index contributed by atoms with van der Waals surface area (Å²) in [6.45, 7) is -0.334. The van der Waals surface area contributed by atoms with E-state index in [-0.39, 0.29) is 12.2 Å². The summed E-state index contributed by atoms with van der Waals surface area (Å²) in [5.41, 5.74) is 0.109. The zero-order valence-corrected chi connectivity index (χ0v) is 24.8. The number of halogens is 3. The SMILES string of the molecule is O=C(Cn1c2c(sc1=O)[C@H](c1ccccc1)C1C(=O)N(c3cccc(C(F)(F)F)c3)C(=O)C1S2)Nc1cccc2ccccc12. The van der Waals surface area contributed by atoms with Crippen LogP contribution in [0.3, 0.4) is 0 Å². The Morgan fingerprint density at radius 3 is 2.33 bits per heavy atom. The summed E-state index contributed by atoms with van der Waals surface area (Å²) in [6, 6.07) is 26.1. The number of hydrogen-bond donors (Lipinski definition) is 1. The Balaban J connectivity index is 1.27. The second kappa shape index (κ2) is 11.0. The number of carbonyl (C=O) groups excluding carboxylic acids is 3. The molecule has 1 N–H and O–H groups in total. The van der Waals surface area contributed by atoms with Gasteiger partial charge in [-0.1, -0.05) is 95.9 Å². The fourth-order valence-electron chi connectivity index (χ4n) is 6.02. The van der Waals surface area contributed by atoms with Gasteiger partial charge in [0.25, 0.3) is 0 Å². The highest BCUT2D eigenvalue weighted by Gasteiger charge is 2.57. The molecule has 4 aromatic carbocycles. The fourth-order valence-corrected chi connectivity index (χ4v) is 8.79. The molecule has 3 amide bonds. The number of thiazole rings is 1. The minimum atomic E-state index is -4.66. The smallest absolute Gasteiger partial charge is 0.324 e. The number of anilines is 2. The van der Waals surface area contributed by atoms with E-state index in [0.717, 1.165) is 57.0 Å². The normalized spacial score (nSPS) is 19.4. The number of amides is 3. The van der Waals surface area contributed by atoms with Crippen LogP contribution in [0.4, 0.5) is 24.5 Å². The molecule has 2 unspecified atom stereocenters. The monoisotopic (exact) mass is 645 g/mol. The van der Waals surface area contributed by atoms with Crippen LogP contribution in [-0.4, -0.2) is 27.5 Å². The first-order valence-electron chi connectivity index (χ1n) is 13.9. The molecule has 0 spiro atoms. The van der Waals surface area contributed by atoms with Crippen molar-refractivity contribution in [1.82, 2.24) is 4.57 Å². The van der Waals surface area contributed by atoms with Crippen molar-refractivity contribution in [2.45, 2.75) is 28.9 Å². The standard InChI is InChI=1S/C33H22F3N3O4S2/c34-33(35,36)20-12-7-13-21(16-20)39-29(41)26-25(19-9-2-1-3-10-19)28-31(44-27(26)30(39)42)38(32(43)45-28)17-24(40)37-23-15-6-11-18-8-4-5-14-22(18)23/h1-16,25-27H,17H2,(H,37,40)/t25-,26?,27?/m1/s1. The minimum Gasteiger partial charge on any atom is -0.324 e. The number of carbonyl (C=O) groups is 3. The molecule has 1 saturated heterocycles. The molecular weight excluding hydrogens is 624 g/mol. The van der Waals surface area contributed by atoms with Gasteiger partial charge < -0.3 is 5.32 Å². The average molecular weight is 646 g/mol. The maximum absolute atomic E-state index is 14.0. The topological polar surface area (TPSA) is 88.5 Å². The Hall–Kier alpha value is -4.68. The van der Waals surface area contributed by atoms with Crippen molar-refractivity contribution in [3.8, 4) is 0 Å². The Morgan fingerprint density at radius 1 is 0.844 bits per heavy atom. The van der Waals surface area contributed by atoms with Gasteiger partial charge in [0.1, 0.15) is 11.8 Å². The molecule has 7 rings (SSSR count). The summed E-state index contributed by atoms with van der Waals surface area (Å²) >= 11 is 1.90. The van der Waals surface area contributed by atoms with E-state index in [1.807, 2.05) is 36.4 Å². The maximum atomic E-state index is 14.0. The van der Waals surface area contributed by atoms with Gasteiger partial charge in [0, 0.05) is 21.9 Å². The summed E-state index contributed by atoms with van der Waals surface area (Å²) in [6.07, 6.45) is -4.66. The molecule has 3 heterocycles. The number of rotatable bonds is 5. The molecule has 0 saturated carbocycles. The van der Waals surface area contributed by atoms with Crippen LogP contribution in [0.25, 0.3) is 10.8 Å². The first-order valence-corrected chi connectivity index (χ1v) is 15.6. The van der Waals surface area contributed by atoms with Gasteiger partial charge >= 0.3 is 11.0 Å². The molecule has 0 aliphatic carbocycles. The van der Waals surface area contributed by atoms with Gasteiger partial charge in [0.2, 0.25) is 17.7 Å². The zero-order chi connectivity index (χ0) is 31.5. The highest BCUT2D eigenvalue weighted by Crippen LogP contribution is 2.54. The van der Waals surface area contributed by atoms with E-state index in [9.17, 15) is 32.3 Å². The second-order valence-corrected chi connectivity index (χ2v) is 12.8. The number of thioether (sulfide) groups is 1. The predicted molar refractivity (Wildman–Crippen MR) is 167 cm³/mol. The van der Waals surface area contributed by atoms with Crippen molar-refractivity contribution < 1.29 is 27.6 Å². The summed E-state index contributed by atoms with van der Waals surface area (Å²) in [5, 5.41) is 4.02. The van der Waals surface area contributed by atoms with Gasteiger partial charge in [0.15, 0.2) is 0 Å². The summed E-state index contributed by atoms with van der Waals surface area (Å²) in [5.74, 6) is -3.46. The molecule has 0 radical (unpaired) electrons. The third-order valence-corrected chi connectivity index (χ3v) is 10.6. The van der Waals surface area contributed by atoms with Crippen molar-refractivity contribution in [3.63, 3.8) is 0 Å². The van der Waals surface area contributed by atoms with Crippen LogP contribution in [0, 0.1) is 5.92 Å². The quantitative estimate of drug-likeness (QED) is 0.220. The molecule has 5 aromatic rings. The molecule has 0 bridgehead atoms. The maximum Gasteiger partial charge on any atom is 0.416 e. The number of benzene rings is 4.